The molecule has 2 aromatic rings. The van der Waals surface area contributed by atoms with Crippen LogP contribution in [0.25, 0.3) is 0 Å². The van der Waals surface area contributed by atoms with Crippen LogP contribution in [0.5, 0.6) is 0 Å². The van der Waals surface area contributed by atoms with Crippen molar-refractivity contribution in [2.24, 2.45) is 5.92 Å². The molecule has 2 aromatic carbocycles. The highest BCUT2D eigenvalue weighted by Gasteiger charge is 2.29. The van der Waals surface area contributed by atoms with E-state index in [0.717, 1.165) is 11.4 Å². The molecule has 0 radical (unpaired) electrons. The fourth-order valence-corrected chi connectivity index (χ4v) is 3.00. The highest BCUT2D eigenvalue weighted by atomic mass is 16.2. The SMILES string of the molecule is CC(=O)Nc1ccc(C(=O)N2CC(C(C)C)Nc3ccccc32)cc1. The van der Waals surface area contributed by atoms with Crippen molar-refractivity contribution in [3.8, 4) is 0 Å². The van der Waals surface area contributed by atoms with Gasteiger partial charge in [-0.1, -0.05) is 26.0 Å². The minimum absolute atomic E-state index is 0.0334. The van der Waals surface area contributed by atoms with Gasteiger partial charge in [-0.3, -0.25) is 9.59 Å². The summed E-state index contributed by atoms with van der Waals surface area (Å²) in [7, 11) is 0. The first kappa shape index (κ1) is 17.0. The van der Waals surface area contributed by atoms with Gasteiger partial charge in [0.15, 0.2) is 0 Å². The van der Waals surface area contributed by atoms with Crippen LogP contribution < -0.4 is 15.5 Å². The van der Waals surface area contributed by atoms with Crippen molar-refractivity contribution in [2.45, 2.75) is 26.8 Å². The lowest BCUT2D eigenvalue weighted by atomic mass is 9.99. The summed E-state index contributed by atoms with van der Waals surface area (Å²) in [6, 6.07) is 15.1. The maximum absolute atomic E-state index is 13.1. The third-order valence-electron chi connectivity index (χ3n) is 4.42. The molecule has 0 aliphatic carbocycles. The maximum atomic E-state index is 13.1. The van der Waals surface area contributed by atoms with Crippen molar-refractivity contribution in [1.82, 2.24) is 0 Å². The Morgan fingerprint density at radius 3 is 2.44 bits per heavy atom. The van der Waals surface area contributed by atoms with Crippen LogP contribution >= 0.6 is 0 Å². The molecule has 0 fully saturated rings. The number of hydrogen-bond donors (Lipinski definition) is 2. The van der Waals surface area contributed by atoms with E-state index in [2.05, 4.69) is 24.5 Å². The topological polar surface area (TPSA) is 61.4 Å². The Morgan fingerprint density at radius 1 is 1.12 bits per heavy atom. The number of nitrogens with one attached hydrogen (secondary N) is 2. The lowest BCUT2D eigenvalue weighted by Crippen LogP contribution is -2.47. The molecule has 1 heterocycles. The van der Waals surface area contributed by atoms with Crippen LogP contribution in [-0.2, 0) is 4.79 Å². The molecular formula is C20H23N3O2. The number of amides is 2. The van der Waals surface area contributed by atoms with E-state index in [4.69, 9.17) is 0 Å². The smallest absolute Gasteiger partial charge is 0.258 e. The predicted octanol–water partition coefficient (Wildman–Crippen LogP) is 3.74. The van der Waals surface area contributed by atoms with E-state index in [1.54, 1.807) is 24.3 Å². The Labute approximate surface area is 148 Å². The van der Waals surface area contributed by atoms with Gasteiger partial charge in [0.1, 0.15) is 0 Å². The molecule has 1 unspecified atom stereocenters. The summed E-state index contributed by atoms with van der Waals surface area (Å²) in [5, 5.41) is 6.24. The van der Waals surface area contributed by atoms with Crippen LogP contribution in [0, 0.1) is 5.92 Å². The standard InChI is InChI=1S/C20H23N3O2/c1-13(2)18-12-23(19-7-5-4-6-17(19)22-18)20(25)15-8-10-16(11-9-15)21-14(3)24/h4-11,13,18,22H,12H2,1-3H3,(H,21,24). The van der Waals surface area contributed by atoms with Gasteiger partial charge in [-0.2, -0.15) is 0 Å². The number of carbonyl (C=O) groups excluding carboxylic acids is 2. The second kappa shape index (κ2) is 6.97. The van der Waals surface area contributed by atoms with Gasteiger partial charge in [-0.25, -0.2) is 0 Å². The number of para-hydroxylation sites is 2. The molecule has 5 heteroatoms. The molecule has 0 bridgehead atoms. The average Bonchev–Trinajstić information content (AvgIpc) is 2.60. The number of nitrogens with zero attached hydrogens (tertiary/aromatic N) is 1. The summed E-state index contributed by atoms with van der Waals surface area (Å²) in [6.07, 6.45) is 0. The Bertz CT molecular complexity index is 784. The van der Waals surface area contributed by atoms with Crippen LogP contribution in [0.2, 0.25) is 0 Å². The van der Waals surface area contributed by atoms with E-state index in [1.165, 1.54) is 6.92 Å². The van der Waals surface area contributed by atoms with Gasteiger partial charge in [0.25, 0.3) is 5.91 Å². The number of anilines is 3. The van der Waals surface area contributed by atoms with Crippen LogP contribution in [0.4, 0.5) is 17.1 Å². The second-order valence-electron chi connectivity index (χ2n) is 6.69. The minimum Gasteiger partial charge on any atom is -0.379 e. The summed E-state index contributed by atoms with van der Waals surface area (Å²) in [5.74, 6) is 0.245. The predicted molar refractivity (Wildman–Crippen MR) is 101 cm³/mol. The molecule has 2 amide bonds. The van der Waals surface area contributed by atoms with Crippen LogP contribution in [0.3, 0.4) is 0 Å². The molecule has 1 atom stereocenters. The van der Waals surface area contributed by atoms with E-state index in [9.17, 15) is 9.59 Å². The zero-order valence-electron chi connectivity index (χ0n) is 14.7. The van der Waals surface area contributed by atoms with Crippen molar-refractivity contribution in [3.05, 3.63) is 54.1 Å². The molecule has 0 spiro atoms. The lowest BCUT2D eigenvalue weighted by Gasteiger charge is -2.37. The largest absolute Gasteiger partial charge is 0.379 e. The number of rotatable bonds is 3. The Kier molecular flexibility index (Phi) is 4.74. The van der Waals surface area contributed by atoms with Crippen molar-refractivity contribution >= 4 is 28.9 Å². The molecule has 2 N–H and O–H groups in total. The molecule has 5 nitrogen and oxygen atoms in total. The first-order chi connectivity index (χ1) is 12.0. The molecule has 1 aliphatic rings. The van der Waals surface area contributed by atoms with Gasteiger partial charge in [0, 0.05) is 30.8 Å². The van der Waals surface area contributed by atoms with Crippen LogP contribution in [0.15, 0.2) is 48.5 Å². The van der Waals surface area contributed by atoms with Gasteiger partial charge in [0.2, 0.25) is 5.91 Å². The molecule has 1 aliphatic heterocycles. The van der Waals surface area contributed by atoms with Gasteiger partial charge < -0.3 is 15.5 Å². The average molecular weight is 337 g/mol. The highest BCUT2D eigenvalue weighted by Crippen LogP contribution is 2.33. The zero-order chi connectivity index (χ0) is 18.0. The fraction of sp³-hybridized carbons (Fsp3) is 0.300. The molecule has 130 valence electrons. The first-order valence-electron chi connectivity index (χ1n) is 8.51. The quantitative estimate of drug-likeness (QED) is 0.897. The molecule has 25 heavy (non-hydrogen) atoms. The van der Waals surface area contributed by atoms with E-state index in [0.29, 0.717) is 23.7 Å². The highest BCUT2D eigenvalue weighted by molar-refractivity contribution is 6.08. The fourth-order valence-electron chi connectivity index (χ4n) is 3.00. The third kappa shape index (κ3) is 3.65. The van der Waals surface area contributed by atoms with Crippen LogP contribution in [-0.4, -0.2) is 24.4 Å². The molecule has 0 aromatic heterocycles. The van der Waals surface area contributed by atoms with Gasteiger partial charge in [-0.15, -0.1) is 0 Å². The normalized spacial score (nSPS) is 16.2. The third-order valence-corrected chi connectivity index (χ3v) is 4.42. The number of benzene rings is 2. The summed E-state index contributed by atoms with van der Waals surface area (Å²) in [6.45, 7) is 6.39. The van der Waals surface area contributed by atoms with Crippen molar-refractivity contribution in [1.29, 1.82) is 0 Å². The summed E-state index contributed by atoms with van der Waals surface area (Å²) >= 11 is 0. The number of fused-ring (bicyclic) bond motifs is 1. The van der Waals surface area contributed by atoms with E-state index in [-0.39, 0.29) is 17.9 Å². The van der Waals surface area contributed by atoms with Gasteiger partial charge in [-0.05, 0) is 42.3 Å². The summed E-state index contributed by atoms with van der Waals surface area (Å²) in [5.41, 5.74) is 3.17. The van der Waals surface area contributed by atoms with Crippen molar-refractivity contribution in [3.63, 3.8) is 0 Å². The van der Waals surface area contributed by atoms with E-state index >= 15 is 0 Å². The second-order valence-corrected chi connectivity index (χ2v) is 6.69. The molecule has 3 rings (SSSR count). The minimum atomic E-state index is -0.130. The number of carbonyl (C=O) groups is 2. The molecule has 0 saturated carbocycles. The maximum Gasteiger partial charge on any atom is 0.258 e. The number of hydrogen-bond acceptors (Lipinski definition) is 3. The van der Waals surface area contributed by atoms with E-state index < -0.39 is 0 Å². The Balaban J connectivity index is 1.89. The van der Waals surface area contributed by atoms with Gasteiger partial charge >= 0.3 is 0 Å². The van der Waals surface area contributed by atoms with Crippen LogP contribution in [0.1, 0.15) is 31.1 Å². The first-order valence-corrected chi connectivity index (χ1v) is 8.51. The monoisotopic (exact) mass is 337 g/mol. The summed E-state index contributed by atoms with van der Waals surface area (Å²) in [4.78, 5) is 26.0. The van der Waals surface area contributed by atoms with Crippen molar-refractivity contribution in [2.75, 3.05) is 22.1 Å². The molecule has 0 saturated heterocycles. The summed E-state index contributed by atoms with van der Waals surface area (Å²) < 4.78 is 0. The molecular weight excluding hydrogens is 314 g/mol. The van der Waals surface area contributed by atoms with Crippen molar-refractivity contribution < 1.29 is 9.59 Å². The van der Waals surface area contributed by atoms with Gasteiger partial charge in [0.05, 0.1) is 11.4 Å². The van der Waals surface area contributed by atoms with E-state index in [1.807, 2.05) is 29.2 Å². The Morgan fingerprint density at radius 2 is 1.80 bits per heavy atom. The Hall–Kier alpha value is -2.82. The zero-order valence-corrected chi connectivity index (χ0v) is 14.7. The lowest BCUT2D eigenvalue weighted by molar-refractivity contribution is -0.114.